The maximum absolute atomic E-state index is 12.8. The van der Waals surface area contributed by atoms with Crippen molar-refractivity contribution in [2.45, 2.75) is 58.7 Å². The summed E-state index contributed by atoms with van der Waals surface area (Å²) < 4.78 is 38.3. The van der Waals surface area contributed by atoms with Gasteiger partial charge in [0.25, 0.3) is 5.91 Å². The lowest BCUT2D eigenvalue weighted by Crippen LogP contribution is -2.48. The lowest BCUT2D eigenvalue weighted by molar-refractivity contribution is -0.137. The molecule has 8 heteroatoms. The summed E-state index contributed by atoms with van der Waals surface area (Å²) in [5.41, 5.74) is 3.98. The Labute approximate surface area is 162 Å². The van der Waals surface area contributed by atoms with E-state index < -0.39 is 28.6 Å². The van der Waals surface area contributed by atoms with E-state index in [4.69, 9.17) is 5.73 Å². The monoisotopic (exact) mass is 397 g/mol. The fraction of sp³-hybridized carbons (Fsp3) is 0.550. The number of hydrogen-bond donors (Lipinski definition) is 1. The van der Waals surface area contributed by atoms with Gasteiger partial charge in [0.15, 0.2) is 0 Å². The second-order valence-corrected chi connectivity index (χ2v) is 8.33. The van der Waals surface area contributed by atoms with E-state index in [-0.39, 0.29) is 18.0 Å². The Balaban J connectivity index is 2.22. The molecule has 0 aromatic heterocycles. The van der Waals surface area contributed by atoms with Crippen LogP contribution in [0.2, 0.25) is 0 Å². The molecule has 1 aliphatic rings. The molecule has 1 aliphatic heterocycles. The smallest absolute Gasteiger partial charge is 0.387 e. The van der Waals surface area contributed by atoms with Gasteiger partial charge in [0, 0.05) is 17.6 Å². The van der Waals surface area contributed by atoms with Crippen LogP contribution in [0, 0.1) is 5.41 Å². The number of amides is 1. The van der Waals surface area contributed by atoms with E-state index in [0.717, 1.165) is 12.1 Å². The van der Waals surface area contributed by atoms with E-state index in [0.29, 0.717) is 25.1 Å². The lowest BCUT2D eigenvalue weighted by atomic mass is 9.89. The van der Waals surface area contributed by atoms with Gasteiger partial charge >= 0.3 is 6.18 Å². The summed E-state index contributed by atoms with van der Waals surface area (Å²) in [7, 11) is 0. The Kier molecular flexibility index (Phi) is 5.92. The van der Waals surface area contributed by atoms with Crippen LogP contribution in [-0.2, 0) is 15.8 Å². The second-order valence-electron chi connectivity index (χ2n) is 8.33. The number of carbonyl (C=O) groups is 2. The van der Waals surface area contributed by atoms with Crippen LogP contribution in [0.5, 0.6) is 0 Å². The van der Waals surface area contributed by atoms with Gasteiger partial charge in [-0.1, -0.05) is 20.8 Å². The number of rotatable bonds is 4. The van der Waals surface area contributed by atoms with E-state index in [1.54, 1.807) is 32.6 Å². The van der Waals surface area contributed by atoms with E-state index in [1.807, 2.05) is 0 Å². The highest BCUT2D eigenvalue weighted by atomic mass is 19.4. The Hall–Kier alpha value is -2.38. The Bertz CT molecular complexity index is 779. The Morgan fingerprint density at radius 3 is 2.25 bits per heavy atom. The van der Waals surface area contributed by atoms with Crippen molar-refractivity contribution in [1.29, 1.82) is 0 Å². The minimum absolute atomic E-state index is 0.0505. The first kappa shape index (κ1) is 21.9. The van der Waals surface area contributed by atoms with Crippen molar-refractivity contribution in [3.8, 4) is 0 Å². The SMILES string of the molecule is CC(C)(C)C(=O)CC(N)=NC(=O)C1(C)CCCN1c1ccc(C(F)(F)F)cc1. The van der Waals surface area contributed by atoms with Crippen LogP contribution in [0.3, 0.4) is 0 Å². The number of amidine groups is 1. The molecular weight excluding hydrogens is 371 g/mol. The fourth-order valence-electron chi connectivity index (χ4n) is 3.15. The van der Waals surface area contributed by atoms with Crippen LogP contribution < -0.4 is 10.6 Å². The number of anilines is 1. The first-order valence-corrected chi connectivity index (χ1v) is 9.11. The molecule has 1 aromatic rings. The van der Waals surface area contributed by atoms with Crippen molar-refractivity contribution in [3.05, 3.63) is 29.8 Å². The van der Waals surface area contributed by atoms with Crippen LogP contribution >= 0.6 is 0 Å². The van der Waals surface area contributed by atoms with Crippen molar-refractivity contribution in [1.82, 2.24) is 0 Å². The van der Waals surface area contributed by atoms with Crippen LogP contribution in [-0.4, -0.2) is 29.6 Å². The number of benzene rings is 1. The number of nitrogens with two attached hydrogens (primary N) is 1. The third kappa shape index (κ3) is 4.72. The first-order valence-electron chi connectivity index (χ1n) is 9.11. The Morgan fingerprint density at radius 2 is 1.75 bits per heavy atom. The van der Waals surface area contributed by atoms with Gasteiger partial charge in [-0.25, -0.2) is 0 Å². The average Bonchev–Trinajstić information content (AvgIpc) is 2.96. The van der Waals surface area contributed by atoms with Gasteiger partial charge in [-0.05, 0) is 44.0 Å². The summed E-state index contributed by atoms with van der Waals surface area (Å²) in [4.78, 5) is 30.6. The molecule has 5 nitrogen and oxygen atoms in total. The van der Waals surface area contributed by atoms with Gasteiger partial charge < -0.3 is 10.6 Å². The molecule has 1 saturated heterocycles. The molecule has 1 amide bonds. The van der Waals surface area contributed by atoms with Crippen LogP contribution in [0.15, 0.2) is 29.3 Å². The maximum Gasteiger partial charge on any atom is 0.416 e. The predicted octanol–water partition coefficient (Wildman–Crippen LogP) is 3.95. The third-order valence-corrected chi connectivity index (χ3v) is 5.03. The highest BCUT2D eigenvalue weighted by molar-refractivity contribution is 6.07. The van der Waals surface area contributed by atoms with Gasteiger partial charge in [0.1, 0.15) is 17.2 Å². The molecule has 154 valence electrons. The molecule has 2 N–H and O–H groups in total. The minimum atomic E-state index is -4.42. The molecule has 0 spiro atoms. The summed E-state index contributed by atoms with van der Waals surface area (Å²) in [6.07, 6.45) is -3.34. The molecule has 28 heavy (non-hydrogen) atoms. The highest BCUT2D eigenvalue weighted by Gasteiger charge is 2.43. The zero-order chi connectivity index (χ0) is 21.3. The molecule has 1 fully saturated rings. The fourth-order valence-corrected chi connectivity index (χ4v) is 3.15. The van der Waals surface area contributed by atoms with Crippen LogP contribution in [0.25, 0.3) is 0 Å². The lowest BCUT2D eigenvalue weighted by Gasteiger charge is -2.34. The summed E-state index contributed by atoms with van der Waals surface area (Å²) in [5, 5.41) is 0. The van der Waals surface area contributed by atoms with Gasteiger partial charge in [-0.3, -0.25) is 9.59 Å². The standard InChI is InChI=1S/C20H26F3N3O2/c1-18(2,3)15(27)12-16(24)25-17(28)19(4)10-5-11-26(19)14-8-6-13(7-9-14)20(21,22)23/h6-9H,5,10-12H2,1-4H3,(H2,24,25,28). The maximum atomic E-state index is 12.8. The van der Waals surface area contributed by atoms with E-state index >= 15 is 0 Å². The van der Waals surface area contributed by atoms with Crippen molar-refractivity contribution in [3.63, 3.8) is 0 Å². The van der Waals surface area contributed by atoms with E-state index in [9.17, 15) is 22.8 Å². The van der Waals surface area contributed by atoms with Crippen LogP contribution in [0.4, 0.5) is 18.9 Å². The normalized spacial score (nSPS) is 21.1. The number of halogens is 3. The molecule has 1 atom stereocenters. The number of ketones is 1. The third-order valence-electron chi connectivity index (χ3n) is 5.03. The molecule has 1 aromatic carbocycles. The first-order chi connectivity index (χ1) is 12.7. The minimum Gasteiger partial charge on any atom is -0.387 e. The highest BCUT2D eigenvalue weighted by Crippen LogP contribution is 2.37. The molecule has 0 aliphatic carbocycles. The number of hydrogen-bond acceptors (Lipinski definition) is 3. The molecule has 0 saturated carbocycles. The van der Waals surface area contributed by atoms with E-state index in [2.05, 4.69) is 4.99 Å². The van der Waals surface area contributed by atoms with Gasteiger partial charge in [-0.15, -0.1) is 0 Å². The van der Waals surface area contributed by atoms with Gasteiger partial charge in [0.2, 0.25) is 0 Å². The predicted molar refractivity (Wildman–Crippen MR) is 102 cm³/mol. The van der Waals surface area contributed by atoms with Gasteiger partial charge in [-0.2, -0.15) is 18.2 Å². The van der Waals surface area contributed by atoms with Crippen molar-refractivity contribution in [2.75, 3.05) is 11.4 Å². The summed E-state index contributed by atoms with van der Waals surface area (Å²) in [5.74, 6) is -0.674. The molecule has 0 radical (unpaired) electrons. The van der Waals surface area contributed by atoms with Crippen LogP contribution in [0.1, 0.15) is 52.5 Å². The molecule has 1 heterocycles. The zero-order valence-electron chi connectivity index (χ0n) is 16.6. The molecule has 0 bridgehead atoms. The number of carbonyl (C=O) groups excluding carboxylic acids is 2. The summed E-state index contributed by atoms with van der Waals surface area (Å²) in [6.45, 7) is 7.49. The number of nitrogens with zero attached hydrogens (tertiary/aromatic N) is 2. The number of Topliss-reactive ketones (excluding diaryl/α,β-unsaturated/α-hetero) is 1. The molecule has 2 rings (SSSR count). The largest absolute Gasteiger partial charge is 0.416 e. The number of alkyl halides is 3. The van der Waals surface area contributed by atoms with Crippen molar-refractivity contribution < 1.29 is 22.8 Å². The summed E-state index contributed by atoms with van der Waals surface area (Å²) >= 11 is 0. The second kappa shape index (κ2) is 7.56. The van der Waals surface area contributed by atoms with Gasteiger partial charge in [0.05, 0.1) is 12.0 Å². The topological polar surface area (TPSA) is 75.8 Å². The van der Waals surface area contributed by atoms with Crippen molar-refractivity contribution in [2.24, 2.45) is 16.1 Å². The zero-order valence-corrected chi connectivity index (χ0v) is 16.6. The average molecular weight is 397 g/mol. The van der Waals surface area contributed by atoms with E-state index in [1.165, 1.54) is 12.1 Å². The number of aliphatic imine (C=N–C) groups is 1. The quantitative estimate of drug-likeness (QED) is 0.617. The molecular formula is C20H26F3N3O2. The summed E-state index contributed by atoms with van der Waals surface area (Å²) in [6, 6.07) is 4.71. The van der Waals surface area contributed by atoms with Crippen molar-refractivity contribution >= 4 is 23.2 Å². The Morgan fingerprint density at radius 1 is 1.18 bits per heavy atom. The molecule has 1 unspecified atom stereocenters.